The minimum absolute atomic E-state index is 0.0506. The van der Waals surface area contributed by atoms with Gasteiger partial charge in [0, 0.05) is 6.54 Å². The number of rotatable bonds is 7. The second kappa shape index (κ2) is 7.30. The van der Waals surface area contributed by atoms with E-state index in [1.807, 2.05) is 20.8 Å². The Morgan fingerprint density at radius 2 is 1.77 bits per heavy atom. The van der Waals surface area contributed by atoms with Gasteiger partial charge in [0.1, 0.15) is 0 Å². The molecule has 0 aromatic rings. The van der Waals surface area contributed by atoms with E-state index in [4.69, 9.17) is 9.47 Å². The first-order chi connectivity index (χ1) is 6.06. The van der Waals surface area contributed by atoms with Crippen LogP contribution in [0, 0.1) is 0 Å². The van der Waals surface area contributed by atoms with Crippen LogP contribution in [0.15, 0.2) is 0 Å². The Morgan fingerprint density at radius 1 is 1.08 bits per heavy atom. The van der Waals surface area contributed by atoms with E-state index in [1.165, 1.54) is 0 Å². The molecule has 0 radical (unpaired) electrons. The van der Waals surface area contributed by atoms with Crippen LogP contribution in [-0.4, -0.2) is 38.5 Å². The Balaban J connectivity index is 3.00. The van der Waals surface area contributed by atoms with Crippen LogP contribution in [0.5, 0.6) is 0 Å². The first-order valence-corrected chi connectivity index (χ1v) is 4.98. The topological polar surface area (TPSA) is 30.5 Å². The summed E-state index contributed by atoms with van der Waals surface area (Å²) in [6, 6.07) is 0. The van der Waals surface area contributed by atoms with E-state index >= 15 is 0 Å². The van der Waals surface area contributed by atoms with E-state index in [0.29, 0.717) is 13.2 Å². The monoisotopic (exact) mass is 189 g/mol. The largest absolute Gasteiger partial charge is 0.378 e. The van der Waals surface area contributed by atoms with E-state index in [-0.39, 0.29) is 5.60 Å². The van der Waals surface area contributed by atoms with E-state index in [2.05, 4.69) is 12.2 Å². The second-order valence-electron chi connectivity index (χ2n) is 3.93. The predicted octanol–water partition coefficient (Wildman–Crippen LogP) is 1.43. The van der Waals surface area contributed by atoms with Gasteiger partial charge in [-0.15, -0.1) is 0 Å². The van der Waals surface area contributed by atoms with Crippen LogP contribution < -0.4 is 5.32 Å². The minimum Gasteiger partial charge on any atom is -0.378 e. The van der Waals surface area contributed by atoms with E-state index in [9.17, 15) is 0 Å². The van der Waals surface area contributed by atoms with Gasteiger partial charge in [-0.05, 0) is 27.3 Å². The van der Waals surface area contributed by atoms with Gasteiger partial charge in [-0.1, -0.05) is 6.92 Å². The molecule has 0 aromatic heterocycles. The predicted molar refractivity (Wildman–Crippen MR) is 55.1 cm³/mol. The Kier molecular flexibility index (Phi) is 7.23. The molecule has 13 heavy (non-hydrogen) atoms. The molecule has 3 nitrogen and oxygen atoms in total. The fourth-order valence-corrected chi connectivity index (χ4v) is 0.830. The zero-order valence-corrected chi connectivity index (χ0v) is 9.35. The highest BCUT2D eigenvalue weighted by atomic mass is 16.5. The van der Waals surface area contributed by atoms with Crippen LogP contribution in [0.25, 0.3) is 0 Å². The molecule has 0 rings (SSSR count). The second-order valence-corrected chi connectivity index (χ2v) is 3.93. The van der Waals surface area contributed by atoms with Gasteiger partial charge in [-0.25, -0.2) is 0 Å². The van der Waals surface area contributed by atoms with Crippen LogP contribution in [0.4, 0.5) is 0 Å². The van der Waals surface area contributed by atoms with Gasteiger partial charge in [0.2, 0.25) is 0 Å². The lowest BCUT2D eigenvalue weighted by molar-refractivity contribution is -0.0342. The van der Waals surface area contributed by atoms with Crippen LogP contribution in [0.3, 0.4) is 0 Å². The maximum Gasteiger partial charge on any atom is 0.0707 e. The summed E-state index contributed by atoms with van der Waals surface area (Å²) in [5, 5.41) is 3.19. The number of ether oxygens (including phenoxy) is 2. The maximum absolute atomic E-state index is 5.49. The average Bonchev–Trinajstić information content (AvgIpc) is 2.01. The quantitative estimate of drug-likeness (QED) is 0.615. The van der Waals surface area contributed by atoms with Crippen molar-refractivity contribution in [3.63, 3.8) is 0 Å². The van der Waals surface area contributed by atoms with E-state index in [0.717, 1.165) is 19.7 Å². The van der Waals surface area contributed by atoms with Crippen molar-refractivity contribution in [1.29, 1.82) is 0 Å². The molecule has 0 amide bonds. The molecular weight excluding hydrogens is 166 g/mol. The molecule has 0 unspecified atom stereocenters. The summed E-state index contributed by atoms with van der Waals surface area (Å²) in [6.07, 6.45) is 0. The fourth-order valence-electron chi connectivity index (χ4n) is 0.830. The lowest BCUT2D eigenvalue weighted by Crippen LogP contribution is -2.23. The highest BCUT2D eigenvalue weighted by Crippen LogP contribution is 2.05. The van der Waals surface area contributed by atoms with Crippen LogP contribution in [0.1, 0.15) is 27.7 Å². The molecule has 0 bridgehead atoms. The van der Waals surface area contributed by atoms with Crippen molar-refractivity contribution in [2.75, 3.05) is 32.9 Å². The van der Waals surface area contributed by atoms with Crippen molar-refractivity contribution in [3.8, 4) is 0 Å². The summed E-state index contributed by atoms with van der Waals surface area (Å²) >= 11 is 0. The standard InChI is InChI=1S/C10H23NO2/c1-5-11-6-7-12-8-9-13-10(2,3)4/h11H,5-9H2,1-4H3. The number of likely N-dealkylation sites (N-methyl/N-ethyl adjacent to an activating group) is 1. The molecule has 0 saturated heterocycles. The summed E-state index contributed by atoms with van der Waals surface area (Å²) in [5.41, 5.74) is -0.0506. The Hall–Kier alpha value is -0.120. The highest BCUT2D eigenvalue weighted by molar-refractivity contribution is 4.57. The molecule has 0 fully saturated rings. The molecule has 0 aliphatic rings. The Morgan fingerprint density at radius 3 is 2.31 bits per heavy atom. The van der Waals surface area contributed by atoms with Gasteiger partial charge < -0.3 is 14.8 Å². The summed E-state index contributed by atoms with van der Waals surface area (Å²) in [5.74, 6) is 0. The van der Waals surface area contributed by atoms with Crippen molar-refractivity contribution in [2.45, 2.75) is 33.3 Å². The smallest absolute Gasteiger partial charge is 0.0707 e. The summed E-state index contributed by atoms with van der Waals surface area (Å²) < 4.78 is 10.8. The molecule has 80 valence electrons. The van der Waals surface area contributed by atoms with Crippen molar-refractivity contribution >= 4 is 0 Å². The molecular formula is C10H23NO2. The third-order valence-corrected chi connectivity index (χ3v) is 1.44. The lowest BCUT2D eigenvalue weighted by Gasteiger charge is -2.19. The van der Waals surface area contributed by atoms with Gasteiger partial charge >= 0.3 is 0 Å². The average molecular weight is 189 g/mol. The first kappa shape index (κ1) is 12.9. The molecule has 0 aliphatic heterocycles. The Labute approximate surface area is 81.8 Å². The highest BCUT2D eigenvalue weighted by Gasteiger charge is 2.08. The van der Waals surface area contributed by atoms with Gasteiger partial charge in [0.25, 0.3) is 0 Å². The summed E-state index contributed by atoms with van der Waals surface area (Å²) in [7, 11) is 0. The van der Waals surface area contributed by atoms with Crippen LogP contribution in [0.2, 0.25) is 0 Å². The normalized spacial score (nSPS) is 12.0. The van der Waals surface area contributed by atoms with Gasteiger partial charge in [-0.2, -0.15) is 0 Å². The lowest BCUT2D eigenvalue weighted by atomic mass is 10.2. The van der Waals surface area contributed by atoms with Crippen LogP contribution >= 0.6 is 0 Å². The number of hydrogen-bond acceptors (Lipinski definition) is 3. The van der Waals surface area contributed by atoms with Crippen LogP contribution in [-0.2, 0) is 9.47 Å². The van der Waals surface area contributed by atoms with Gasteiger partial charge in [-0.3, -0.25) is 0 Å². The third-order valence-electron chi connectivity index (χ3n) is 1.44. The third kappa shape index (κ3) is 11.9. The zero-order valence-electron chi connectivity index (χ0n) is 9.35. The SMILES string of the molecule is CCNCCOCCOC(C)(C)C. The first-order valence-electron chi connectivity index (χ1n) is 4.98. The van der Waals surface area contributed by atoms with E-state index in [1.54, 1.807) is 0 Å². The van der Waals surface area contributed by atoms with Crippen molar-refractivity contribution in [1.82, 2.24) is 5.32 Å². The molecule has 0 aliphatic carbocycles. The molecule has 3 heteroatoms. The van der Waals surface area contributed by atoms with Crippen molar-refractivity contribution < 1.29 is 9.47 Å². The molecule has 0 aromatic carbocycles. The molecule has 0 saturated carbocycles. The van der Waals surface area contributed by atoms with E-state index < -0.39 is 0 Å². The fraction of sp³-hybridized carbons (Fsp3) is 1.00. The van der Waals surface area contributed by atoms with Gasteiger partial charge in [0.05, 0.1) is 25.4 Å². The summed E-state index contributed by atoms with van der Waals surface area (Å²) in [4.78, 5) is 0. The molecule has 0 atom stereocenters. The zero-order chi connectivity index (χ0) is 10.2. The molecule has 0 heterocycles. The molecule has 0 spiro atoms. The number of hydrogen-bond donors (Lipinski definition) is 1. The number of nitrogens with one attached hydrogen (secondary N) is 1. The minimum atomic E-state index is -0.0506. The summed E-state index contributed by atoms with van der Waals surface area (Å²) in [6.45, 7) is 12.3. The Bertz CT molecular complexity index is 110. The molecule has 1 N–H and O–H groups in total. The van der Waals surface area contributed by atoms with Gasteiger partial charge in [0.15, 0.2) is 0 Å². The van der Waals surface area contributed by atoms with Crippen molar-refractivity contribution in [2.24, 2.45) is 0 Å². The maximum atomic E-state index is 5.49. The van der Waals surface area contributed by atoms with Crippen molar-refractivity contribution in [3.05, 3.63) is 0 Å².